The largest absolute Gasteiger partial charge is 0.462 e. The van der Waals surface area contributed by atoms with E-state index in [2.05, 4.69) is 15.4 Å². The molecule has 0 bridgehead atoms. The summed E-state index contributed by atoms with van der Waals surface area (Å²) in [6, 6.07) is 12.0. The molecular weight excluding hydrogens is 370 g/mol. The van der Waals surface area contributed by atoms with Crippen LogP contribution in [0.15, 0.2) is 48.5 Å². The molecule has 0 atom stereocenters. The van der Waals surface area contributed by atoms with Crippen molar-refractivity contribution in [1.29, 1.82) is 0 Å². The van der Waals surface area contributed by atoms with E-state index < -0.39 is 18.6 Å². The number of unbranched alkanes of at least 4 members (excludes halogenated alkanes) is 1. The van der Waals surface area contributed by atoms with Crippen molar-refractivity contribution in [2.75, 3.05) is 11.9 Å². The number of para-hydroxylation sites is 1. The molecule has 2 rings (SSSR count). The van der Waals surface area contributed by atoms with Crippen LogP contribution in [-0.4, -0.2) is 25.2 Å². The van der Waals surface area contributed by atoms with Crippen LogP contribution in [0.2, 0.25) is 0 Å². The SMILES string of the molecule is CCCCOC(=O)c1ccccc1NC(=O)NCc1ccc(OC(F)F)cc1. The second kappa shape index (κ2) is 10.9. The Bertz CT molecular complexity index is 782. The third-order valence-electron chi connectivity index (χ3n) is 3.73. The number of rotatable bonds is 9. The summed E-state index contributed by atoms with van der Waals surface area (Å²) in [5.41, 5.74) is 1.30. The zero-order valence-electron chi connectivity index (χ0n) is 15.4. The van der Waals surface area contributed by atoms with Gasteiger partial charge in [-0.1, -0.05) is 37.6 Å². The zero-order chi connectivity index (χ0) is 20.4. The van der Waals surface area contributed by atoms with Crippen molar-refractivity contribution in [1.82, 2.24) is 5.32 Å². The number of anilines is 1. The van der Waals surface area contributed by atoms with Crippen molar-refractivity contribution < 1.29 is 27.8 Å². The van der Waals surface area contributed by atoms with Gasteiger partial charge in [-0.3, -0.25) is 0 Å². The molecule has 2 amide bonds. The molecule has 0 aliphatic rings. The molecule has 0 saturated heterocycles. The molecular formula is C20H22F2N2O4. The van der Waals surface area contributed by atoms with Gasteiger partial charge in [0.1, 0.15) is 5.75 Å². The first kappa shape index (κ1) is 21.1. The van der Waals surface area contributed by atoms with E-state index >= 15 is 0 Å². The van der Waals surface area contributed by atoms with Gasteiger partial charge in [0.2, 0.25) is 0 Å². The van der Waals surface area contributed by atoms with E-state index in [0.29, 0.717) is 17.9 Å². The number of hydrogen-bond donors (Lipinski definition) is 2. The minimum atomic E-state index is -2.89. The maximum absolute atomic E-state index is 12.2. The molecule has 8 heteroatoms. The normalized spacial score (nSPS) is 10.4. The van der Waals surface area contributed by atoms with Crippen molar-refractivity contribution in [3.63, 3.8) is 0 Å². The van der Waals surface area contributed by atoms with Crippen molar-refractivity contribution in [3.8, 4) is 5.75 Å². The van der Waals surface area contributed by atoms with Crippen LogP contribution in [0.3, 0.4) is 0 Å². The standard InChI is InChI=1S/C20H22F2N2O4/c1-2-3-12-27-18(25)16-6-4-5-7-17(16)24-20(26)23-13-14-8-10-15(11-9-14)28-19(21)22/h4-11,19H,2-3,12-13H2,1H3,(H2,23,24,26). The first-order valence-electron chi connectivity index (χ1n) is 8.84. The first-order chi connectivity index (χ1) is 13.5. The number of carbonyl (C=O) groups is 2. The molecule has 0 aliphatic heterocycles. The Morgan fingerprint density at radius 1 is 1.07 bits per heavy atom. The number of hydrogen-bond acceptors (Lipinski definition) is 4. The van der Waals surface area contributed by atoms with Crippen molar-refractivity contribution in [2.45, 2.75) is 32.9 Å². The van der Waals surface area contributed by atoms with E-state index in [4.69, 9.17) is 4.74 Å². The number of carbonyl (C=O) groups excluding carboxylic acids is 2. The van der Waals surface area contributed by atoms with Crippen LogP contribution < -0.4 is 15.4 Å². The van der Waals surface area contributed by atoms with E-state index in [-0.39, 0.29) is 17.9 Å². The summed E-state index contributed by atoms with van der Waals surface area (Å²) in [7, 11) is 0. The quantitative estimate of drug-likeness (QED) is 0.484. The van der Waals surface area contributed by atoms with Gasteiger partial charge in [-0.15, -0.1) is 0 Å². The lowest BCUT2D eigenvalue weighted by Gasteiger charge is -2.12. The van der Waals surface area contributed by atoms with Crippen LogP contribution in [0.25, 0.3) is 0 Å². The van der Waals surface area contributed by atoms with E-state index in [1.54, 1.807) is 36.4 Å². The Kier molecular flexibility index (Phi) is 8.20. The molecule has 2 aromatic carbocycles. The van der Waals surface area contributed by atoms with Crippen LogP contribution in [0.4, 0.5) is 19.3 Å². The average molecular weight is 392 g/mol. The summed E-state index contributed by atoms with van der Waals surface area (Å²) in [5.74, 6) is -0.460. The first-order valence-corrected chi connectivity index (χ1v) is 8.84. The van der Waals surface area contributed by atoms with Gasteiger partial charge < -0.3 is 20.1 Å². The van der Waals surface area contributed by atoms with Gasteiger partial charge in [0.25, 0.3) is 0 Å². The smallest absolute Gasteiger partial charge is 0.387 e. The molecule has 28 heavy (non-hydrogen) atoms. The maximum atomic E-state index is 12.2. The third-order valence-corrected chi connectivity index (χ3v) is 3.73. The molecule has 0 aromatic heterocycles. The van der Waals surface area contributed by atoms with Crippen molar-refractivity contribution in [2.24, 2.45) is 0 Å². The monoisotopic (exact) mass is 392 g/mol. The molecule has 2 aromatic rings. The lowest BCUT2D eigenvalue weighted by molar-refractivity contribution is -0.0498. The topological polar surface area (TPSA) is 76.7 Å². The molecule has 0 aliphatic carbocycles. The van der Waals surface area contributed by atoms with Gasteiger partial charge >= 0.3 is 18.6 Å². The van der Waals surface area contributed by atoms with E-state index in [9.17, 15) is 18.4 Å². The lowest BCUT2D eigenvalue weighted by atomic mass is 10.2. The molecule has 2 N–H and O–H groups in total. The van der Waals surface area contributed by atoms with E-state index in [1.165, 1.54) is 12.1 Å². The van der Waals surface area contributed by atoms with E-state index in [1.807, 2.05) is 6.92 Å². The van der Waals surface area contributed by atoms with E-state index in [0.717, 1.165) is 12.8 Å². The highest BCUT2D eigenvalue weighted by Crippen LogP contribution is 2.17. The van der Waals surface area contributed by atoms with Crippen LogP contribution in [-0.2, 0) is 11.3 Å². The summed E-state index contributed by atoms with van der Waals surface area (Å²) in [6.07, 6.45) is 1.67. The summed E-state index contributed by atoms with van der Waals surface area (Å²) >= 11 is 0. The van der Waals surface area contributed by atoms with Gasteiger partial charge in [0.15, 0.2) is 0 Å². The minimum absolute atomic E-state index is 0.0405. The molecule has 150 valence electrons. The molecule has 0 heterocycles. The summed E-state index contributed by atoms with van der Waals surface area (Å²) in [4.78, 5) is 24.3. The number of amides is 2. The van der Waals surface area contributed by atoms with Gasteiger partial charge in [-0.2, -0.15) is 8.78 Å². The maximum Gasteiger partial charge on any atom is 0.387 e. The highest BCUT2D eigenvalue weighted by Gasteiger charge is 2.14. The number of alkyl halides is 2. The Labute approximate surface area is 161 Å². The van der Waals surface area contributed by atoms with Crippen LogP contribution in [0.5, 0.6) is 5.75 Å². The molecule has 0 spiro atoms. The minimum Gasteiger partial charge on any atom is -0.462 e. The molecule has 0 unspecified atom stereocenters. The molecule has 0 radical (unpaired) electrons. The summed E-state index contributed by atoms with van der Waals surface area (Å²) in [5, 5.41) is 5.25. The van der Waals surface area contributed by atoms with Gasteiger partial charge in [-0.05, 0) is 36.2 Å². The number of halogens is 2. The summed E-state index contributed by atoms with van der Waals surface area (Å²) in [6.45, 7) is -0.401. The van der Waals surface area contributed by atoms with Crippen LogP contribution >= 0.6 is 0 Å². The number of ether oxygens (including phenoxy) is 2. The second-order valence-electron chi connectivity index (χ2n) is 5.87. The van der Waals surface area contributed by atoms with Crippen LogP contribution in [0, 0.1) is 0 Å². The predicted molar refractivity (Wildman–Crippen MR) is 101 cm³/mol. The zero-order valence-corrected chi connectivity index (χ0v) is 15.4. The van der Waals surface area contributed by atoms with Gasteiger partial charge in [0.05, 0.1) is 17.9 Å². The average Bonchev–Trinajstić information content (AvgIpc) is 2.67. The highest BCUT2D eigenvalue weighted by molar-refractivity contribution is 6.00. The Hall–Kier alpha value is -3.16. The van der Waals surface area contributed by atoms with Crippen molar-refractivity contribution in [3.05, 3.63) is 59.7 Å². The third kappa shape index (κ3) is 6.86. The fourth-order valence-electron chi connectivity index (χ4n) is 2.29. The fourth-order valence-corrected chi connectivity index (χ4v) is 2.29. The fraction of sp³-hybridized carbons (Fsp3) is 0.300. The molecule has 0 fully saturated rings. The van der Waals surface area contributed by atoms with Crippen LogP contribution in [0.1, 0.15) is 35.7 Å². The number of urea groups is 1. The number of esters is 1. The lowest BCUT2D eigenvalue weighted by Crippen LogP contribution is -2.29. The van der Waals surface area contributed by atoms with Gasteiger partial charge in [0, 0.05) is 6.54 Å². The summed E-state index contributed by atoms with van der Waals surface area (Å²) < 4.78 is 33.7. The Morgan fingerprint density at radius 3 is 2.46 bits per heavy atom. The van der Waals surface area contributed by atoms with Crippen molar-refractivity contribution >= 4 is 17.7 Å². The second-order valence-corrected chi connectivity index (χ2v) is 5.87. The Balaban J connectivity index is 1.90. The number of benzene rings is 2. The predicted octanol–water partition coefficient (Wildman–Crippen LogP) is 4.57. The molecule has 0 saturated carbocycles. The van der Waals surface area contributed by atoms with Gasteiger partial charge in [-0.25, -0.2) is 9.59 Å². The number of nitrogens with one attached hydrogen (secondary N) is 2. The Morgan fingerprint density at radius 2 is 1.79 bits per heavy atom. The highest BCUT2D eigenvalue weighted by atomic mass is 19.3. The molecule has 6 nitrogen and oxygen atoms in total.